The van der Waals surface area contributed by atoms with E-state index in [1.54, 1.807) is 0 Å². The van der Waals surface area contributed by atoms with Gasteiger partial charge in [-0.3, -0.25) is 4.98 Å². The van der Waals surface area contributed by atoms with Gasteiger partial charge in [0.05, 0.1) is 5.69 Å². The predicted octanol–water partition coefficient (Wildman–Crippen LogP) is 7.88. The zero-order chi connectivity index (χ0) is 19.9. The molecule has 0 N–H and O–H groups in total. The molecule has 5 aromatic carbocycles. The third-order valence-corrected chi connectivity index (χ3v) is 5.91. The molecule has 0 aliphatic carbocycles. The fraction of sp³-hybridized carbons (Fsp3) is 0. The quantitative estimate of drug-likeness (QED) is 0.278. The lowest BCUT2D eigenvalue weighted by Gasteiger charge is -2.13. The zero-order valence-electron chi connectivity index (χ0n) is 16.4. The molecule has 30 heavy (non-hydrogen) atoms. The molecule has 1 aromatic heterocycles. The molecule has 0 saturated carbocycles. The Hall–Kier alpha value is -3.97. The van der Waals surface area contributed by atoms with Gasteiger partial charge in [-0.2, -0.15) is 0 Å². The molecule has 0 radical (unpaired) electrons. The topological polar surface area (TPSA) is 12.9 Å². The third kappa shape index (κ3) is 2.67. The Morgan fingerprint density at radius 1 is 0.433 bits per heavy atom. The van der Waals surface area contributed by atoms with Crippen LogP contribution < -0.4 is 0 Å². The first-order valence-electron chi connectivity index (χ1n) is 10.2. The van der Waals surface area contributed by atoms with Crippen molar-refractivity contribution in [1.82, 2.24) is 4.98 Å². The van der Waals surface area contributed by atoms with Crippen molar-refractivity contribution in [1.29, 1.82) is 0 Å². The summed E-state index contributed by atoms with van der Waals surface area (Å²) in [7, 11) is 0. The van der Waals surface area contributed by atoms with Crippen LogP contribution in [-0.4, -0.2) is 4.98 Å². The van der Waals surface area contributed by atoms with Crippen LogP contribution in [0.15, 0.2) is 115 Å². The van der Waals surface area contributed by atoms with E-state index in [2.05, 4.69) is 103 Å². The lowest BCUT2D eigenvalue weighted by molar-refractivity contribution is 1.33. The van der Waals surface area contributed by atoms with Crippen LogP contribution in [0.4, 0.5) is 0 Å². The standard InChI is InChI=1S/C29H19N/c1-2-8-20(9-3-1)22-16-17-30-29(18-22)28-19-27-23-11-5-4-10-21(23)14-15-26(27)24-12-6-7-13-25(24)28/h1-19H. The maximum Gasteiger partial charge on any atom is 0.0714 e. The molecule has 0 atom stereocenters. The molecule has 0 unspecified atom stereocenters. The Kier molecular flexibility index (Phi) is 3.85. The molecule has 0 aliphatic heterocycles. The largest absolute Gasteiger partial charge is 0.256 e. The van der Waals surface area contributed by atoms with Crippen LogP contribution in [0.5, 0.6) is 0 Å². The van der Waals surface area contributed by atoms with Crippen LogP contribution in [-0.2, 0) is 0 Å². The molecule has 6 aromatic rings. The smallest absolute Gasteiger partial charge is 0.0714 e. The Morgan fingerprint density at radius 2 is 1.13 bits per heavy atom. The van der Waals surface area contributed by atoms with E-state index in [9.17, 15) is 0 Å². The number of hydrogen-bond acceptors (Lipinski definition) is 1. The molecule has 1 heterocycles. The number of nitrogens with zero attached hydrogens (tertiary/aromatic N) is 1. The highest BCUT2D eigenvalue weighted by Gasteiger charge is 2.12. The molecule has 1 heteroatoms. The van der Waals surface area contributed by atoms with Crippen molar-refractivity contribution in [2.24, 2.45) is 0 Å². The molecule has 6 rings (SSSR count). The van der Waals surface area contributed by atoms with Crippen LogP contribution in [0.2, 0.25) is 0 Å². The molecule has 140 valence electrons. The second-order valence-electron chi connectivity index (χ2n) is 7.65. The normalized spacial score (nSPS) is 11.3. The Labute approximate surface area is 175 Å². The minimum Gasteiger partial charge on any atom is -0.256 e. The summed E-state index contributed by atoms with van der Waals surface area (Å²) < 4.78 is 0. The van der Waals surface area contributed by atoms with Gasteiger partial charge < -0.3 is 0 Å². The molecule has 0 amide bonds. The number of pyridine rings is 1. The van der Waals surface area contributed by atoms with Gasteiger partial charge in [0.15, 0.2) is 0 Å². The zero-order valence-corrected chi connectivity index (χ0v) is 16.4. The lowest BCUT2D eigenvalue weighted by Crippen LogP contribution is -1.89. The SMILES string of the molecule is c1ccc(-c2ccnc(-c3cc4c5ccccc5ccc4c4ccccc34)c2)cc1. The van der Waals surface area contributed by atoms with Gasteiger partial charge in [-0.05, 0) is 61.6 Å². The van der Waals surface area contributed by atoms with Crippen LogP contribution in [0.1, 0.15) is 0 Å². The third-order valence-electron chi connectivity index (χ3n) is 5.91. The predicted molar refractivity (Wildman–Crippen MR) is 128 cm³/mol. The second-order valence-corrected chi connectivity index (χ2v) is 7.65. The van der Waals surface area contributed by atoms with E-state index in [0.717, 1.165) is 5.69 Å². The molecule has 0 fully saturated rings. The highest BCUT2D eigenvalue weighted by atomic mass is 14.7. The average Bonchev–Trinajstić information content (AvgIpc) is 2.84. The maximum atomic E-state index is 4.77. The summed E-state index contributed by atoms with van der Waals surface area (Å²) in [6.07, 6.45) is 1.92. The van der Waals surface area contributed by atoms with E-state index in [0.29, 0.717) is 0 Å². The van der Waals surface area contributed by atoms with Crippen molar-refractivity contribution >= 4 is 32.3 Å². The van der Waals surface area contributed by atoms with Gasteiger partial charge in [0.1, 0.15) is 0 Å². The van der Waals surface area contributed by atoms with Crippen LogP contribution in [0.25, 0.3) is 54.7 Å². The Morgan fingerprint density at radius 3 is 2.00 bits per heavy atom. The molecule has 0 spiro atoms. The Bertz CT molecular complexity index is 1530. The summed E-state index contributed by atoms with van der Waals surface area (Å²) >= 11 is 0. The minimum atomic E-state index is 1.00. The highest BCUT2D eigenvalue weighted by Crippen LogP contribution is 2.38. The van der Waals surface area contributed by atoms with Crippen molar-refractivity contribution in [3.8, 4) is 22.4 Å². The fourth-order valence-electron chi connectivity index (χ4n) is 4.46. The average molecular weight is 381 g/mol. The van der Waals surface area contributed by atoms with Crippen molar-refractivity contribution in [3.63, 3.8) is 0 Å². The summed E-state index contributed by atoms with van der Waals surface area (Å²) in [5.74, 6) is 0. The molecular weight excluding hydrogens is 362 g/mol. The van der Waals surface area contributed by atoms with E-state index in [-0.39, 0.29) is 0 Å². The minimum absolute atomic E-state index is 1.00. The van der Waals surface area contributed by atoms with E-state index in [1.807, 2.05) is 12.3 Å². The maximum absolute atomic E-state index is 4.77. The number of benzene rings is 5. The van der Waals surface area contributed by atoms with Crippen molar-refractivity contribution in [3.05, 3.63) is 115 Å². The van der Waals surface area contributed by atoms with E-state index in [4.69, 9.17) is 4.98 Å². The van der Waals surface area contributed by atoms with Crippen LogP contribution >= 0.6 is 0 Å². The number of rotatable bonds is 2. The van der Waals surface area contributed by atoms with Gasteiger partial charge in [0.25, 0.3) is 0 Å². The van der Waals surface area contributed by atoms with Gasteiger partial charge >= 0.3 is 0 Å². The summed E-state index contributed by atoms with van der Waals surface area (Å²) in [6, 6.07) is 38.8. The Balaban J connectivity index is 1.69. The van der Waals surface area contributed by atoms with Crippen molar-refractivity contribution in [2.45, 2.75) is 0 Å². The lowest BCUT2D eigenvalue weighted by atomic mass is 9.92. The number of hydrogen-bond donors (Lipinski definition) is 0. The molecule has 0 saturated heterocycles. The first-order valence-corrected chi connectivity index (χ1v) is 10.2. The van der Waals surface area contributed by atoms with Gasteiger partial charge in [-0.1, -0.05) is 91.0 Å². The molecule has 1 nitrogen and oxygen atoms in total. The molecule has 0 aliphatic rings. The van der Waals surface area contributed by atoms with E-state index >= 15 is 0 Å². The van der Waals surface area contributed by atoms with Crippen LogP contribution in [0.3, 0.4) is 0 Å². The summed E-state index contributed by atoms with van der Waals surface area (Å²) in [5, 5.41) is 7.60. The van der Waals surface area contributed by atoms with Gasteiger partial charge in [0, 0.05) is 11.8 Å². The second kappa shape index (κ2) is 6.82. The van der Waals surface area contributed by atoms with Gasteiger partial charge in [0.2, 0.25) is 0 Å². The van der Waals surface area contributed by atoms with E-state index in [1.165, 1.54) is 49.0 Å². The first-order chi connectivity index (χ1) is 14.9. The summed E-state index contributed by atoms with van der Waals surface area (Å²) in [6.45, 7) is 0. The highest BCUT2D eigenvalue weighted by molar-refractivity contribution is 6.20. The number of aromatic nitrogens is 1. The fourth-order valence-corrected chi connectivity index (χ4v) is 4.46. The van der Waals surface area contributed by atoms with Gasteiger partial charge in [-0.15, -0.1) is 0 Å². The van der Waals surface area contributed by atoms with Crippen molar-refractivity contribution < 1.29 is 0 Å². The first kappa shape index (κ1) is 16.9. The van der Waals surface area contributed by atoms with Crippen LogP contribution in [0, 0.1) is 0 Å². The van der Waals surface area contributed by atoms with E-state index < -0.39 is 0 Å². The summed E-state index contributed by atoms with van der Waals surface area (Å²) in [5.41, 5.74) is 4.56. The number of fused-ring (bicyclic) bond motifs is 5. The molecular formula is C29H19N. The summed E-state index contributed by atoms with van der Waals surface area (Å²) in [4.78, 5) is 4.77. The van der Waals surface area contributed by atoms with Crippen molar-refractivity contribution in [2.75, 3.05) is 0 Å². The molecule has 0 bridgehead atoms. The van der Waals surface area contributed by atoms with Gasteiger partial charge in [-0.25, -0.2) is 0 Å². The monoisotopic (exact) mass is 381 g/mol.